The Hall–Kier alpha value is -1.95. The third-order valence-electron chi connectivity index (χ3n) is 3.44. The number of primary amides is 1. The maximum Gasteiger partial charge on any atom is 0.237 e. The summed E-state index contributed by atoms with van der Waals surface area (Å²) in [6.07, 6.45) is 1.89. The average molecular weight is 293 g/mol. The van der Waals surface area contributed by atoms with E-state index in [2.05, 4.69) is 0 Å². The van der Waals surface area contributed by atoms with E-state index in [1.165, 1.54) is 6.07 Å². The lowest BCUT2D eigenvalue weighted by atomic mass is 10.2. The molecule has 0 unspecified atom stereocenters. The van der Waals surface area contributed by atoms with Crippen molar-refractivity contribution in [1.29, 1.82) is 0 Å². The van der Waals surface area contributed by atoms with Crippen LogP contribution in [0.2, 0.25) is 0 Å². The Bertz CT molecular complexity index is 531. The summed E-state index contributed by atoms with van der Waals surface area (Å²) >= 11 is 0. The van der Waals surface area contributed by atoms with Crippen LogP contribution in [0.5, 0.6) is 0 Å². The van der Waals surface area contributed by atoms with E-state index in [0.717, 1.165) is 12.8 Å². The Balaban J connectivity index is 2.00. The van der Waals surface area contributed by atoms with Crippen molar-refractivity contribution in [2.45, 2.75) is 25.4 Å². The van der Waals surface area contributed by atoms with Gasteiger partial charge in [-0.3, -0.25) is 14.5 Å². The molecule has 1 aromatic rings. The van der Waals surface area contributed by atoms with Crippen LogP contribution in [-0.2, 0) is 16.1 Å². The van der Waals surface area contributed by atoms with Gasteiger partial charge in [-0.2, -0.15) is 0 Å². The molecule has 1 aliphatic rings. The fourth-order valence-electron chi connectivity index (χ4n) is 2.26. The van der Waals surface area contributed by atoms with Crippen LogP contribution in [0, 0.1) is 5.82 Å². The summed E-state index contributed by atoms with van der Waals surface area (Å²) in [5.41, 5.74) is 5.62. The van der Waals surface area contributed by atoms with E-state index in [-0.39, 0.29) is 37.4 Å². The Kier molecular flexibility index (Phi) is 4.90. The van der Waals surface area contributed by atoms with E-state index in [1.54, 1.807) is 35.0 Å². The first-order valence-electron chi connectivity index (χ1n) is 6.97. The van der Waals surface area contributed by atoms with E-state index >= 15 is 0 Å². The molecule has 2 rings (SSSR count). The van der Waals surface area contributed by atoms with E-state index in [9.17, 15) is 14.0 Å². The van der Waals surface area contributed by atoms with Gasteiger partial charge in [-0.25, -0.2) is 4.39 Å². The molecule has 1 aromatic carbocycles. The second-order valence-corrected chi connectivity index (χ2v) is 5.48. The van der Waals surface area contributed by atoms with Crippen LogP contribution in [0.15, 0.2) is 24.3 Å². The van der Waals surface area contributed by atoms with Gasteiger partial charge < -0.3 is 10.6 Å². The van der Waals surface area contributed by atoms with E-state index in [0.29, 0.717) is 5.56 Å². The van der Waals surface area contributed by atoms with Crippen molar-refractivity contribution in [3.63, 3.8) is 0 Å². The number of benzene rings is 1. The highest BCUT2D eigenvalue weighted by atomic mass is 19.1. The molecule has 0 aliphatic heterocycles. The minimum atomic E-state index is -0.475. The molecule has 0 saturated heterocycles. The normalized spacial score (nSPS) is 14.2. The van der Waals surface area contributed by atoms with Gasteiger partial charge >= 0.3 is 0 Å². The summed E-state index contributed by atoms with van der Waals surface area (Å²) in [7, 11) is 1.66. The number of nitrogens with zero attached hydrogens (tertiary/aromatic N) is 2. The molecule has 0 heterocycles. The summed E-state index contributed by atoms with van der Waals surface area (Å²) in [5, 5.41) is 0. The van der Waals surface area contributed by atoms with Crippen molar-refractivity contribution in [2.24, 2.45) is 5.73 Å². The number of rotatable bonds is 7. The Labute approximate surface area is 123 Å². The third-order valence-corrected chi connectivity index (χ3v) is 3.44. The van der Waals surface area contributed by atoms with Crippen LogP contribution in [0.25, 0.3) is 0 Å². The Morgan fingerprint density at radius 2 is 1.95 bits per heavy atom. The third kappa shape index (κ3) is 4.53. The first kappa shape index (κ1) is 15.4. The molecule has 6 heteroatoms. The van der Waals surface area contributed by atoms with Crippen molar-refractivity contribution in [1.82, 2.24) is 9.80 Å². The molecule has 1 saturated carbocycles. The highest BCUT2D eigenvalue weighted by molar-refractivity contribution is 5.80. The standard InChI is InChI=1S/C15H20FN3O2/c1-18(9-14(17)20)10-15(21)19(12-6-7-12)8-11-4-2-3-5-13(11)16/h2-5,12H,6-10H2,1H3,(H2,17,20). The first-order chi connectivity index (χ1) is 9.97. The molecule has 2 N–H and O–H groups in total. The van der Waals surface area contributed by atoms with Gasteiger partial charge in [0.05, 0.1) is 13.1 Å². The highest BCUT2D eigenvalue weighted by Gasteiger charge is 2.33. The first-order valence-corrected chi connectivity index (χ1v) is 6.97. The molecule has 0 bridgehead atoms. The molecular formula is C15H20FN3O2. The van der Waals surface area contributed by atoms with E-state index in [4.69, 9.17) is 5.73 Å². The van der Waals surface area contributed by atoms with Gasteiger partial charge in [-0.05, 0) is 26.0 Å². The molecule has 0 radical (unpaired) electrons. The summed E-state index contributed by atoms with van der Waals surface area (Å²) in [4.78, 5) is 26.5. The van der Waals surface area contributed by atoms with Gasteiger partial charge in [-0.1, -0.05) is 18.2 Å². The quantitative estimate of drug-likeness (QED) is 0.806. The zero-order chi connectivity index (χ0) is 15.4. The van der Waals surface area contributed by atoms with Crippen LogP contribution in [0.1, 0.15) is 18.4 Å². The molecule has 1 fully saturated rings. The minimum Gasteiger partial charge on any atom is -0.369 e. The van der Waals surface area contributed by atoms with Crippen molar-refractivity contribution < 1.29 is 14.0 Å². The van der Waals surface area contributed by atoms with Crippen molar-refractivity contribution in [2.75, 3.05) is 20.1 Å². The summed E-state index contributed by atoms with van der Waals surface area (Å²) in [6, 6.07) is 6.64. The van der Waals surface area contributed by atoms with Gasteiger partial charge in [0.15, 0.2) is 0 Å². The van der Waals surface area contributed by atoms with Crippen LogP contribution < -0.4 is 5.73 Å². The summed E-state index contributed by atoms with van der Waals surface area (Å²) < 4.78 is 13.7. The molecule has 0 spiro atoms. The maximum atomic E-state index is 13.7. The summed E-state index contributed by atoms with van der Waals surface area (Å²) in [6.45, 7) is 0.401. The average Bonchev–Trinajstić information content (AvgIpc) is 3.20. The number of hydrogen-bond acceptors (Lipinski definition) is 3. The lowest BCUT2D eigenvalue weighted by molar-refractivity contribution is -0.133. The minimum absolute atomic E-state index is 0.0317. The number of nitrogens with two attached hydrogens (primary N) is 1. The van der Waals surface area contributed by atoms with Gasteiger partial charge in [0, 0.05) is 18.2 Å². The number of carbonyl (C=O) groups excluding carboxylic acids is 2. The lowest BCUT2D eigenvalue weighted by Crippen LogP contribution is -2.42. The van der Waals surface area contributed by atoms with Crippen LogP contribution in [0.3, 0.4) is 0 Å². The number of hydrogen-bond donors (Lipinski definition) is 1. The van der Waals surface area contributed by atoms with Gasteiger partial charge in [0.25, 0.3) is 0 Å². The molecule has 1 aliphatic carbocycles. The van der Waals surface area contributed by atoms with Crippen molar-refractivity contribution >= 4 is 11.8 Å². The number of halogens is 1. The second kappa shape index (κ2) is 6.67. The fourth-order valence-corrected chi connectivity index (χ4v) is 2.26. The van der Waals surface area contributed by atoms with Gasteiger partial charge in [0.1, 0.15) is 5.82 Å². The lowest BCUT2D eigenvalue weighted by Gasteiger charge is -2.25. The van der Waals surface area contributed by atoms with E-state index < -0.39 is 5.91 Å². The topological polar surface area (TPSA) is 66.6 Å². The highest BCUT2D eigenvalue weighted by Crippen LogP contribution is 2.29. The zero-order valence-corrected chi connectivity index (χ0v) is 12.1. The molecular weight excluding hydrogens is 273 g/mol. The van der Waals surface area contributed by atoms with Gasteiger partial charge in [-0.15, -0.1) is 0 Å². The number of likely N-dealkylation sites (N-methyl/N-ethyl adjacent to an activating group) is 1. The number of amides is 2. The molecule has 114 valence electrons. The molecule has 0 atom stereocenters. The van der Waals surface area contributed by atoms with Crippen LogP contribution in [-0.4, -0.2) is 47.8 Å². The van der Waals surface area contributed by atoms with Gasteiger partial charge in [0.2, 0.25) is 11.8 Å². The fraction of sp³-hybridized carbons (Fsp3) is 0.467. The van der Waals surface area contributed by atoms with Crippen LogP contribution >= 0.6 is 0 Å². The monoisotopic (exact) mass is 293 g/mol. The Morgan fingerprint density at radius 1 is 1.29 bits per heavy atom. The SMILES string of the molecule is CN(CC(N)=O)CC(=O)N(Cc1ccccc1F)C1CC1. The van der Waals surface area contributed by atoms with Crippen molar-refractivity contribution in [3.8, 4) is 0 Å². The second-order valence-electron chi connectivity index (χ2n) is 5.48. The van der Waals surface area contributed by atoms with E-state index in [1.807, 2.05) is 0 Å². The summed E-state index contributed by atoms with van der Waals surface area (Å²) in [5.74, 6) is -0.886. The molecule has 21 heavy (non-hydrogen) atoms. The zero-order valence-electron chi connectivity index (χ0n) is 12.1. The molecule has 0 aromatic heterocycles. The smallest absolute Gasteiger partial charge is 0.237 e. The predicted octanol–water partition coefficient (Wildman–Crippen LogP) is 0.734. The van der Waals surface area contributed by atoms with Crippen LogP contribution in [0.4, 0.5) is 4.39 Å². The number of carbonyl (C=O) groups is 2. The maximum absolute atomic E-state index is 13.7. The predicted molar refractivity (Wildman–Crippen MR) is 76.7 cm³/mol. The Morgan fingerprint density at radius 3 is 2.52 bits per heavy atom. The molecule has 2 amide bonds. The largest absolute Gasteiger partial charge is 0.369 e. The van der Waals surface area contributed by atoms with Crippen molar-refractivity contribution in [3.05, 3.63) is 35.6 Å². The molecule has 5 nitrogen and oxygen atoms in total.